The highest BCUT2D eigenvalue weighted by molar-refractivity contribution is 5.70. The molecule has 0 saturated carbocycles. The zero-order valence-electron chi connectivity index (χ0n) is 16.9. The van der Waals surface area contributed by atoms with Gasteiger partial charge in [-0.15, -0.1) is 0 Å². The maximum absolute atomic E-state index is 14.6. The topological polar surface area (TPSA) is 49.8 Å². The van der Waals surface area contributed by atoms with Gasteiger partial charge in [0.05, 0.1) is 11.6 Å². The van der Waals surface area contributed by atoms with Crippen LogP contribution in [-0.4, -0.2) is 28.2 Å². The number of carbonyl (C=O) groups excluding carboxylic acids is 1. The van der Waals surface area contributed by atoms with Crippen molar-refractivity contribution in [2.75, 3.05) is 6.54 Å². The van der Waals surface area contributed by atoms with Crippen LogP contribution in [0.3, 0.4) is 0 Å². The number of cyclic esters (lactones) is 1. The van der Waals surface area contributed by atoms with Crippen LogP contribution >= 0.6 is 0 Å². The van der Waals surface area contributed by atoms with Crippen molar-refractivity contribution in [2.24, 2.45) is 0 Å². The average molecular weight is 385 g/mol. The molecule has 1 fully saturated rings. The average Bonchev–Trinajstić information content (AvgIpc) is 2.61. The van der Waals surface area contributed by atoms with Gasteiger partial charge in [-0.05, 0) is 39.3 Å². The Labute approximate surface area is 165 Å². The smallest absolute Gasteiger partial charge is 0.411 e. The molecular weight excluding hydrogens is 357 g/mol. The maximum atomic E-state index is 14.6. The molecule has 2 atom stereocenters. The Morgan fingerprint density at radius 1 is 1.21 bits per heavy atom. The molecule has 1 N–H and O–H groups in total. The van der Waals surface area contributed by atoms with Gasteiger partial charge in [-0.3, -0.25) is 0 Å². The fourth-order valence-electron chi connectivity index (χ4n) is 3.98. The highest BCUT2D eigenvalue weighted by atomic mass is 19.1. The van der Waals surface area contributed by atoms with Gasteiger partial charge in [-0.1, -0.05) is 48.0 Å². The molecule has 0 unspecified atom stereocenters. The monoisotopic (exact) mass is 385 g/mol. The summed E-state index contributed by atoms with van der Waals surface area (Å²) in [5, 5.41) is 10.4. The SMILES string of the molecule is Cc1ccc([C@H](C)N2CC[C@](CC(C)(C)O)(c3ccccc3F)OC2=O)cc1. The molecule has 0 spiro atoms. The molecule has 5 heteroatoms. The first-order chi connectivity index (χ1) is 13.1. The van der Waals surface area contributed by atoms with Crippen molar-refractivity contribution in [1.82, 2.24) is 4.90 Å². The van der Waals surface area contributed by atoms with Crippen LogP contribution in [0.1, 0.15) is 56.3 Å². The summed E-state index contributed by atoms with van der Waals surface area (Å²) in [5.41, 5.74) is 0.176. The minimum atomic E-state index is -1.19. The van der Waals surface area contributed by atoms with Crippen molar-refractivity contribution in [2.45, 2.75) is 57.8 Å². The van der Waals surface area contributed by atoms with Gasteiger partial charge in [0.25, 0.3) is 0 Å². The van der Waals surface area contributed by atoms with Crippen LogP contribution in [0.2, 0.25) is 0 Å². The largest absolute Gasteiger partial charge is 0.438 e. The van der Waals surface area contributed by atoms with Gasteiger partial charge in [-0.2, -0.15) is 0 Å². The summed E-state index contributed by atoms with van der Waals surface area (Å²) in [4.78, 5) is 14.6. The van der Waals surface area contributed by atoms with Gasteiger partial charge < -0.3 is 14.7 Å². The number of nitrogens with zero attached hydrogens (tertiary/aromatic N) is 1. The van der Waals surface area contributed by atoms with Crippen LogP contribution in [-0.2, 0) is 10.3 Å². The maximum Gasteiger partial charge on any atom is 0.411 e. The number of hydrogen-bond donors (Lipinski definition) is 1. The number of benzene rings is 2. The van der Waals surface area contributed by atoms with Crippen molar-refractivity contribution in [3.63, 3.8) is 0 Å². The Morgan fingerprint density at radius 3 is 2.43 bits per heavy atom. The van der Waals surface area contributed by atoms with E-state index in [1.807, 2.05) is 38.1 Å². The summed E-state index contributed by atoms with van der Waals surface area (Å²) in [7, 11) is 0. The van der Waals surface area contributed by atoms with Gasteiger partial charge in [0.2, 0.25) is 0 Å². The van der Waals surface area contributed by atoms with E-state index in [1.54, 1.807) is 36.9 Å². The molecule has 0 aromatic heterocycles. The van der Waals surface area contributed by atoms with E-state index in [2.05, 4.69) is 0 Å². The molecule has 1 aliphatic rings. The number of carbonyl (C=O) groups is 1. The minimum absolute atomic E-state index is 0.124. The van der Waals surface area contributed by atoms with Gasteiger partial charge in [0.1, 0.15) is 11.4 Å². The lowest BCUT2D eigenvalue weighted by Crippen LogP contribution is -2.51. The second-order valence-electron chi connectivity index (χ2n) is 8.36. The molecule has 1 aliphatic heterocycles. The van der Waals surface area contributed by atoms with Gasteiger partial charge in [-0.25, -0.2) is 9.18 Å². The number of aryl methyl sites for hydroxylation is 1. The van der Waals surface area contributed by atoms with Crippen molar-refractivity contribution >= 4 is 6.09 Å². The molecular formula is C23H28FNO3. The molecule has 150 valence electrons. The molecule has 1 heterocycles. The molecule has 2 aromatic carbocycles. The van der Waals surface area contributed by atoms with E-state index in [4.69, 9.17) is 4.74 Å². The summed E-state index contributed by atoms with van der Waals surface area (Å²) in [6, 6.07) is 14.2. The van der Waals surface area contributed by atoms with Crippen LogP contribution in [0.15, 0.2) is 48.5 Å². The van der Waals surface area contributed by atoms with Crippen LogP contribution in [0.25, 0.3) is 0 Å². The lowest BCUT2D eigenvalue weighted by Gasteiger charge is -2.45. The summed E-state index contributed by atoms with van der Waals surface area (Å²) >= 11 is 0. The van der Waals surface area contributed by atoms with Gasteiger partial charge >= 0.3 is 6.09 Å². The zero-order valence-corrected chi connectivity index (χ0v) is 16.9. The van der Waals surface area contributed by atoms with Crippen molar-refractivity contribution in [3.05, 3.63) is 71.0 Å². The van der Waals surface area contributed by atoms with Gasteiger partial charge in [0.15, 0.2) is 0 Å². The molecule has 2 aromatic rings. The first kappa shape index (κ1) is 20.3. The van der Waals surface area contributed by atoms with Crippen molar-refractivity contribution in [3.8, 4) is 0 Å². The van der Waals surface area contributed by atoms with Crippen LogP contribution < -0.4 is 0 Å². The number of rotatable bonds is 5. The lowest BCUT2D eigenvalue weighted by atomic mass is 9.79. The fraction of sp³-hybridized carbons (Fsp3) is 0.435. The number of aliphatic hydroxyl groups is 1. The quantitative estimate of drug-likeness (QED) is 0.780. The van der Waals surface area contributed by atoms with Crippen LogP contribution in [0.5, 0.6) is 0 Å². The first-order valence-electron chi connectivity index (χ1n) is 9.65. The Morgan fingerprint density at radius 2 is 1.86 bits per heavy atom. The molecule has 3 rings (SSSR count). The molecule has 0 bridgehead atoms. The summed E-state index contributed by atoms with van der Waals surface area (Å²) in [6.07, 6.45) is 0.0334. The standard InChI is InChI=1S/C23H28FNO3/c1-16-9-11-18(12-10-16)17(2)25-14-13-23(28-21(25)26,15-22(3,4)27)19-7-5-6-8-20(19)24/h5-12,17,27H,13-15H2,1-4H3/t17-,23-/m0/s1. The number of ether oxygens (including phenoxy) is 1. The van der Waals surface area contributed by atoms with E-state index in [-0.39, 0.29) is 12.5 Å². The zero-order chi connectivity index (χ0) is 20.5. The van der Waals surface area contributed by atoms with Crippen LogP contribution in [0.4, 0.5) is 9.18 Å². The number of amides is 1. The second-order valence-corrected chi connectivity index (χ2v) is 8.36. The molecule has 1 amide bonds. The summed E-state index contributed by atoms with van der Waals surface area (Å²) < 4.78 is 20.5. The fourth-order valence-corrected chi connectivity index (χ4v) is 3.98. The van der Waals surface area contributed by atoms with E-state index in [0.29, 0.717) is 18.5 Å². The molecule has 0 aliphatic carbocycles. The highest BCUT2D eigenvalue weighted by Crippen LogP contribution is 2.43. The van der Waals surface area contributed by atoms with Crippen LogP contribution in [0, 0.1) is 12.7 Å². The third kappa shape index (κ3) is 4.20. The van der Waals surface area contributed by atoms with E-state index in [0.717, 1.165) is 11.1 Å². The predicted molar refractivity (Wildman–Crippen MR) is 106 cm³/mol. The lowest BCUT2D eigenvalue weighted by molar-refractivity contribution is -0.102. The third-order valence-corrected chi connectivity index (χ3v) is 5.38. The Hall–Kier alpha value is -2.40. The van der Waals surface area contributed by atoms with E-state index in [1.165, 1.54) is 6.07 Å². The third-order valence-electron chi connectivity index (χ3n) is 5.38. The van der Waals surface area contributed by atoms with E-state index in [9.17, 15) is 14.3 Å². The molecule has 28 heavy (non-hydrogen) atoms. The Balaban J connectivity index is 1.90. The normalized spacial score (nSPS) is 21.4. The highest BCUT2D eigenvalue weighted by Gasteiger charge is 2.47. The predicted octanol–water partition coefficient (Wildman–Crippen LogP) is 5.09. The minimum Gasteiger partial charge on any atom is -0.438 e. The molecule has 0 radical (unpaired) electrons. The van der Waals surface area contributed by atoms with E-state index >= 15 is 0 Å². The molecule has 4 nitrogen and oxygen atoms in total. The van der Waals surface area contributed by atoms with E-state index < -0.39 is 23.1 Å². The second kappa shape index (κ2) is 7.55. The Bertz CT molecular complexity index is 844. The Kier molecular flexibility index (Phi) is 5.48. The van der Waals surface area contributed by atoms with Crippen molar-refractivity contribution < 1.29 is 19.0 Å². The summed E-state index contributed by atoms with van der Waals surface area (Å²) in [5.74, 6) is -0.431. The number of halogens is 1. The molecule has 1 saturated heterocycles. The number of hydrogen-bond acceptors (Lipinski definition) is 3. The van der Waals surface area contributed by atoms with Crippen molar-refractivity contribution in [1.29, 1.82) is 0 Å². The van der Waals surface area contributed by atoms with Gasteiger partial charge in [0, 0.05) is 24.9 Å². The summed E-state index contributed by atoms with van der Waals surface area (Å²) in [6.45, 7) is 7.68. The first-order valence-corrected chi connectivity index (χ1v) is 9.65.